The Balaban J connectivity index is 0.00000264. The molecule has 0 fully saturated rings. The maximum atomic E-state index is 12.5. The van der Waals surface area contributed by atoms with E-state index in [4.69, 9.17) is 16.3 Å². The molecule has 2 rings (SSSR count). The average molecular weight is 465 g/mol. The first-order valence-electron chi connectivity index (χ1n) is 6.84. The SMILES string of the molecule is FC(F)(F)c1cnc(OCCCNC2=NCCCN2)c(Cl)c1.I. The molecule has 5 nitrogen and oxygen atoms in total. The van der Waals surface area contributed by atoms with Crippen LogP contribution in [0.4, 0.5) is 13.2 Å². The van der Waals surface area contributed by atoms with Gasteiger partial charge in [0, 0.05) is 25.8 Å². The molecule has 0 spiro atoms. The summed E-state index contributed by atoms with van der Waals surface area (Å²) in [5.41, 5.74) is -0.895. The van der Waals surface area contributed by atoms with E-state index < -0.39 is 11.7 Å². The second-order valence-electron chi connectivity index (χ2n) is 4.65. The maximum Gasteiger partial charge on any atom is 0.417 e. The van der Waals surface area contributed by atoms with Crippen molar-refractivity contribution in [2.24, 2.45) is 4.99 Å². The highest BCUT2D eigenvalue weighted by molar-refractivity contribution is 14.0. The molecule has 130 valence electrons. The first-order chi connectivity index (χ1) is 10.5. The van der Waals surface area contributed by atoms with Gasteiger partial charge in [-0.1, -0.05) is 11.6 Å². The highest BCUT2D eigenvalue weighted by atomic mass is 127. The molecule has 1 aromatic heterocycles. The number of nitrogens with zero attached hydrogens (tertiary/aromatic N) is 2. The first-order valence-corrected chi connectivity index (χ1v) is 7.22. The van der Waals surface area contributed by atoms with E-state index in [2.05, 4.69) is 20.6 Å². The van der Waals surface area contributed by atoms with Crippen LogP contribution in [0, 0.1) is 0 Å². The fourth-order valence-corrected chi connectivity index (χ4v) is 2.01. The predicted octanol–water partition coefficient (Wildman–Crippen LogP) is 3.08. The van der Waals surface area contributed by atoms with Crippen molar-refractivity contribution >= 4 is 41.5 Å². The van der Waals surface area contributed by atoms with Crippen molar-refractivity contribution in [1.82, 2.24) is 15.6 Å². The van der Waals surface area contributed by atoms with Gasteiger partial charge < -0.3 is 15.4 Å². The van der Waals surface area contributed by atoms with Crippen LogP contribution < -0.4 is 15.4 Å². The smallest absolute Gasteiger partial charge is 0.417 e. The molecule has 0 unspecified atom stereocenters. The average Bonchev–Trinajstić information content (AvgIpc) is 2.48. The van der Waals surface area contributed by atoms with Crippen LogP contribution in [0.2, 0.25) is 5.02 Å². The predicted molar refractivity (Wildman–Crippen MR) is 92.7 cm³/mol. The summed E-state index contributed by atoms with van der Waals surface area (Å²) in [7, 11) is 0. The number of ether oxygens (including phenoxy) is 1. The molecule has 1 aliphatic rings. The lowest BCUT2D eigenvalue weighted by molar-refractivity contribution is -0.137. The number of nitrogens with one attached hydrogen (secondary N) is 2. The lowest BCUT2D eigenvalue weighted by Gasteiger charge is -2.16. The Bertz CT molecular complexity index is 542. The van der Waals surface area contributed by atoms with Crippen LogP contribution in [0.3, 0.4) is 0 Å². The van der Waals surface area contributed by atoms with Gasteiger partial charge in [0.25, 0.3) is 0 Å². The number of hydrogen-bond acceptors (Lipinski definition) is 5. The summed E-state index contributed by atoms with van der Waals surface area (Å²) in [5, 5.41) is 6.07. The Kier molecular flexibility index (Phi) is 8.17. The molecule has 0 saturated carbocycles. The van der Waals surface area contributed by atoms with E-state index in [1.165, 1.54) is 0 Å². The summed E-state index contributed by atoms with van der Waals surface area (Å²) < 4.78 is 42.7. The zero-order chi connectivity index (χ0) is 16.0. The number of pyridine rings is 1. The third kappa shape index (κ3) is 6.58. The van der Waals surface area contributed by atoms with Gasteiger partial charge in [-0.2, -0.15) is 13.2 Å². The van der Waals surface area contributed by atoms with E-state index in [9.17, 15) is 13.2 Å². The second kappa shape index (κ2) is 9.36. The molecule has 0 aliphatic carbocycles. The van der Waals surface area contributed by atoms with Crippen molar-refractivity contribution in [3.8, 4) is 5.88 Å². The molecule has 0 saturated heterocycles. The third-order valence-corrected chi connectivity index (χ3v) is 3.16. The van der Waals surface area contributed by atoms with Crippen LogP contribution in [-0.4, -0.2) is 37.2 Å². The zero-order valence-corrected chi connectivity index (χ0v) is 15.2. The Morgan fingerprint density at radius 1 is 1.39 bits per heavy atom. The monoisotopic (exact) mass is 464 g/mol. The highest BCUT2D eigenvalue weighted by Crippen LogP contribution is 2.33. The maximum absolute atomic E-state index is 12.5. The van der Waals surface area contributed by atoms with Gasteiger partial charge >= 0.3 is 6.18 Å². The van der Waals surface area contributed by atoms with Crippen LogP contribution in [0.25, 0.3) is 0 Å². The normalized spacial score (nSPS) is 14.3. The van der Waals surface area contributed by atoms with Gasteiger partial charge in [-0.25, -0.2) is 4.98 Å². The molecular weight excluding hydrogens is 448 g/mol. The lowest BCUT2D eigenvalue weighted by atomic mass is 10.3. The zero-order valence-electron chi connectivity index (χ0n) is 12.1. The van der Waals surface area contributed by atoms with Gasteiger partial charge in [-0.3, -0.25) is 4.99 Å². The number of rotatable bonds is 5. The van der Waals surface area contributed by atoms with Crippen LogP contribution in [0.15, 0.2) is 17.3 Å². The van der Waals surface area contributed by atoms with E-state index in [-0.39, 0.29) is 34.9 Å². The van der Waals surface area contributed by atoms with Crippen molar-refractivity contribution in [2.75, 3.05) is 26.2 Å². The Morgan fingerprint density at radius 3 is 2.78 bits per heavy atom. The van der Waals surface area contributed by atoms with E-state index in [1.807, 2.05) is 0 Å². The number of alkyl halides is 3. The van der Waals surface area contributed by atoms with Crippen molar-refractivity contribution in [1.29, 1.82) is 0 Å². The molecule has 0 amide bonds. The van der Waals surface area contributed by atoms with Gasteiger partial charge in [0.1, 0.15) is 5.02 Å². The third-order valence-electron chi connectivity index (χ3n) is 2.88. The Morgan fingerprint density at radius 2 is 2.17 bits per heavy atom. The minimum Gasteiger partial charge on any atom is -0.477 e. The molecule has 1 aliphatic heterocycles. The standard InChI is InChI=1S/C13H16ClF3N4O.HI/c14-10-7-9(13(15,16)17)8-21-11(10)22-6-2-5-20-12-18-3-1-4-19-12;/h7-8H,1-6H2,(H2,18,19,20);1H. The van der Waals surface area contributed by atoms with E-state index in [0.29, 0.717) is 25.8 Å². The topological polar surface area (TPSA) is 58.5 Å². The van der Waals surface area contributed by atoms with E-state index >= 15 is 0 Å². The molecule has 10 heteroatoms. The van der Waals surface area contributed by atoms with Gasteiger partial charge in [-0.15, -0.1) is 24.0 Å². The summed E-state index contributed by atoms with van der Waals surface area (Å²) in [5.74, 6) is 0.764. The molecule has 23 heavy (non-hydrogen) atoms. The number of halogens is 5. The lowest BCUT2D eigenvalue weighted by Crippen LogP contribution is -2.41. The van der Waals surface area contributed by atoms with Gasteiger partial charge in [-0.05, 0) is 18.9 Å². The quantitative estimate of drug-likeness (QED) is 0.519. The molecule has 1 aromatic rings. The minimum absolute atomic E-state index is 0. The molecule has 0 atom stereocenters. The van der Waals surface area contributed by atoms with Gasteiger partial charge in [0.2, 0.25) is 5.88 Å². The van der Waals surface area contributed by atoms with Gasteiger partial charge in [0.05, 0.1) is 12.2 Å². The van der Waals surface area contributed by atoms with Gasteiger partial charge in [0.15, 0.2) is 5.96 Å². The molecule has 0 bridgehead atoms. The summed E-state index contributed by atoms with van der Waals surface area (Å²) in [6.45, 7) is 2.62. The molecule has 2 heterocycles. The van der Waals surface area contributed by atoms with Crippen molar-refractivity contribution in [2.45, 2.75) is 19.0 Å². The fourth-order valence-electron chi connectivity index (χ4n) is 1.79. The Labute approximate surface area is 154 Å². The van der Waals surface area contributed by atoms with Crippen molar-refractivity contribution in [3.05, 3.63) is 22.8 Å². The largest absolute Gasteiger partial charge is 0.477 e. The Hall–Kier alpha value is -0.970. The minimum atomic E-state index is -4.47. The summed E-state index contributed by atoms with van der Waals surface area (Å²) in [6, 6.07) is 0.808. The van der Waals surface area contributed by atoms with Crippen molar-refractivity contribution < 1.29 is 17.9 Å². The van der Waals surface area contributed by atoms with Crippen LogP contribution in [0.5, 0.6) is 5.88 Å². The van der Waals surface area contributed by atoms with Crippen LogP contribution in [-0.2, 0) is 6.18 Å². The molecular formula is C13H17ClF3IN4O. The summed E-state index contributed by atoms with van der Waals surface area (Å²) in [6.07, 6.45) is -2.10. The highest BCUT2D eigenvalue weighted by Gasteiger charge is 2.31. The fraction of sp³-hybridized carbons (Fsp3) is 0.538. The van der Waals surface area contributed by atoms with Crippen molar-refractivity contribution in [3.63, 3.8) is 0 Å². The van der Waals surface area contributed by atoms with Crippen LogP contribution >= 0.6 is 35.6 Å². The number of aromatic nitrogens is 1. The second-order valence-corrected chi connectivity index (χ2v) is 5.06. The number of hydrogen-bond donors (Lipinski definition) is 2. The number of guanidine groups is 1. The molecule has 0 radical (unpaired) electrons. The number of aliphatic imine (C=N–C) groups is 1. The van der Waals surface area contributed by atoms with E-state index in [1.54, 1.807) is 0 Å². The molecule has 2 N–H and O–H groups in total. The first kappa shape index (κ1) is 20.1. The summed E-state index contributed by atoms with van der Waals surface area (Å²) in [4.78, 5) is 7.85. The summed E-state index contributed by atoms with van der Waals surface area (Å²) >= 11 is 5.74. The molecule has 0 aromatic carbocycles. The van der Waals surface area contributed by atoms with E-state index in [0.717, 1.165) is 31.5 Å². The van der Waals surface area contributed by atoms with Crippen LogP contribution in [0.1, 0.15) is 18.4 Å².